The minimum Gasteiger partial charge on any atom is -0.495 e. The van der Waals surface area contributed by atoms with Crippen LogP contribution in [0.3, 0.4) is 0 Å². The summed E-state index contributed by atoms with van der Waals surface area (Å²) in [5, 5.41) is 3.26. The fourth-order valence-corrected chi connectivity index (χ4v) is 2.92. The number of anilines is 2. The molecule has 3 aromatic rings. The maximum atomic E-state index is 12.9. The van der Waals surface area contributed by atoms with Gasteiger partial charge in [-0.3, -0.25) is 4.79 Å². The predicted molar refractivity (Wildman–Crippen MR) is 116 cm³/mol. The lowest BCUT2D eigenvalue weighted by Gasteiger charge is -2.17. The summed E-state index contributed by atoms with van der Waals surface area (Å²) in [5.41, 5.74) is 1.97. The van der Waals surface area contributed by atoms with Gasteiger partial charge in [0.15, 0.2) is 5.82 Å². The highest BCUT2D eigenvalue weighted by Gasteiger charge is 2.17. The van der Waals surface area contributed by atoms with E-state index < -0.39 is 0 Å². The average molecular weight is 390 g/mol. The van der Waals surface area contributed by atoms with Gasteiger partial charge in [0.2, 0.25) is 0 Å². The van der Waals surface area contributed by atoms with Gasteiger partial charge in [0.25, 0.3) is 5.91 Å². The Morgan fingerprint density at radius 3 is 2.52 bits per heavy atom. The topological polar surface area (TPSA) is 67.4 Å². The highest BCUT2D eigenvalue weighted by Crippen LogP contribution is 2.27. The summed E-state index contributed by atoms with van der Waals surface area (Å²) in [7, 11) is 3.42. The summed E-state index contributed by atoms with van der Waals surface area (Å²) in [6.07, 6.45) is 1.97. The number of carbonyl (C=O) groups is 1. The third-order valence-electron chi connectivity index (χ3n) is 4.54. The van der Waals surface area contributed by atoms with Gasteiger partial charge in [-0.1, -0.05) is 55.8 Å². The molecule has 150 valence electrons. The maximum Gasteiger partial charge on any atom is 0.272 e. The normalized spacial score (nSPS) is 10.4. The van der Waals surface area contributed by atoms with Gasteiger partial charge in [-0.05, 0) is 18.6 Å². The highest BCUT2D eigenvalue weighted by molar-refractivity contribution is 5.93. The second-order valence-electron chi connectivity index (χ2n) is 6.73. The molecule has 0 aliphatic heterocycles. The van der Waals surface area contributed by atoms with Gasteiger partial charge < -0.3 is 15.0 Å². The molecule has 29 heavy (non-hydrogen) atoms. The molecule has 0 bridgehead atoms. The maximum absolute atomic E-state index is 12.9. The molecule has 1 N–H and O–H groups in total. The van der Waals surface area contributed by atoms with Crippen LogP contribution in [0.2, 0.25) is 0 Å². The molecule has 0 aliphatic rings. The number of benzene rings is 2. The molecule has 0 saturated carbocycles. The largest absolute Gasteiger partial charge is 0.495 e. The van der Waals surface area contributed by atoms with Crippen LogP contribution in [-0.2, 0) is 0 Å². The van der Waals surface area contributed by atoms with Crippen LogP contribution in [0.15, 0.2) is 60.7 Å². The SMILES string of the molecule is CCCCN(C)C(=O)c1cc(Nc2ccccc2OC)nc(-c2ccccc2)n1. The second-order valence-corrected chi connectivity index (χ2v) is 6.73. The molecule has 0 saturated heterocycles. The quantitative estimate of drug-likeness (QED) is 0.600. The van der Waals surface area contributed by atoms with Crippen molar-refractivity contribution in [1.82, 2.24) is 14.9 Å². The Morgan fingerprint density at radius 1 is 1.07 bits per heavy atom. The fourth-order valence-electron chi connectivity index (χ4n) is 2.92. The Balaban J connectivity index is 2.00. The molecule has 0 unspecified atom stereocenters. The number of hydrogen-bond donors (Lipinski definition) is 1. The third-order valence-corrected chi connectivity index (χ3v) is 4.54. The summed E-state index contributed by atoms with van der Waals surface area (Å²) in [6.45, 7) is 2.79. The van der Waals surface area contributed by atoms with Crippen LogP contribution in [0, 0.1) is 0 Å². The van der Waals surface area contributed by atoms with Crippen LogP contribution in [-0.4, -0.2) is 41.5 Å². The van der Waals surface area contributed by atoms with Crippen LogP contribution in [0.4, 0.5) is 11.5 Å². The zero-order valence-corrected chi connectivity index (χ0v) is 17.1. The first-order valence-corrected chi connectivity index (χ1v) is 9.72. The van der Waals surface area contributed by atoms with Crippen molar-refractivity contribution < 1.29 is 9.53 Å². The Hall–Kier alpha value is -3.41. The van der Waals surface area contributed by atoms with Crippen molar-refractivity contribution in [3.05, 3.63) is 66.4 Å². The van der Waals surface area contributed by atoms with Gasteiger partial charge in [-0.25, -0.2) is 9.97 Å². The number of nitrogens with one attached hydrogen (secondary N) is 1. The number of para-hydroxylation sites is 2. The first-order valence-electron chi connectivity index (χ1n) is 9.72. The summed E-state index contributed by atoms with van der Waals surface area (Å²) >= 11 is 0. The number of unbranched alkanes of at least 4 members (excludes halogenated alkanes) is 1. The zero-order valence-electron chi connectivity index (χ0n) is 17.1. The van der Waals surface area contributed by atoms with Crippen molar-refractivity contribution in [1.29, 1.82) is 0 Å². The molecule has 2 aromatic carbocycles. The average Bonchev–Trinajstić information content (AvgIpc) is 2.77. The standard InChI is InChI=1S/C23H26N4O2/c1-4-5-15-27(2)23(28)19-16-21(24-18-13-9-10-14-20(18)29-3)26-22(25-19)17-11-7-6-8-12-17/h6-14,16H,4-5,15H2,1-3H3,(H,24,25,26). The number of nitrogens with zero attached hydrogens (tertiary/aromatic N) is 3. The predicted octanol–water partition coefficient (Wildman–Crippen LogP) is 4.77. The molecule has 1 aromatic heterocycles. The monoisotopic (exact) mass is 390 g/mol. The van der Waals surface area contributed by atoms with E-state index in [0.717, 1.165) is 24.1 Å². The molecule has 1 amide bonds. The third kappa shape index (κ3) is 5.10. The lowest BCUT2D eigenvalue weighted by atomic mass is 10.2. The molecule has 0 spiro atoms. The molecule has 1 heterocycles. The van der Waals surface area contributed by atoms with E-state index in [1.807, 2.05) is 54.6 Å². The number of carbonyl (C=O) groups excluding carboxylic acids is 1. The molecule has 0 aliphatic carbocycles. The molecule has 0 fully saturated rings. The Morgan fingerprint density at radius 2 is 1.79 bits per heavy atom. The van der Waals surface area contributed by atoms with E-state index in [-0.39, 0.29) is 5.91 Å². The van der Waals surface area contributed by atoms with Crippen LogP contribution in [0.25, 0.3) is 11.4 Å². The molecule has 6 nitrogen and oxygen atoms in total. The number of methoxy groups -OCH3 is 1. The minimum absolute atomic E-state index is 0.124. The van der Waals surface area contributed by atoms with E-state index in [1.165, 1.54) is 0 Å². The highest BCUT2D eigenvalue weighted by atomic mass is 16.5. The van der Waals surface area contributed by atoms with E-state index in [2.05, 4.69) is 22.2 Å². The van der Waals surface area contributed by atoms with Crippen molar-refractivity contribution in [2.45, 2.75) is 19.8 Å². The van der Waals surface area contributed by atoms with Crippen molar-refractivity contribution in [3.8, 4) is 17.1 Å². The van der Waals surface area contributed by atoms with Crippen molar-refractivity contribution >= 4 is 17.4 Å². The molecular formula is C23H26N4O2. The smallest absolute Gasteiger partial charge is 0.272 e. The van der Waals surface area contributed by atoms with Gasteiger partial charge in [-0.15, -0.1) is 0 Å². The number of rotatable bonds is 8. The number of aromatic nitrogens is 2. The summed E-state index contributed by atoms with van der Waals surface area (Å²) < 4.78 is 5.41. The number of amides is 1. The lowest BCUT2D eigenvalue weighted by molar-refractivity contribution is 0.0787. The zero-order chi connectivity index (χ0) is 20.6. The van der Waals surface area contributed by atoms with Gasteiger partial charge >= 0.3 is 0 Å². The van der Waals surface area contributed by atoms with Gasteiger partial charge in [0, 0.05) is 25.2 Å². The molecule has 3 rings (SSSR count). The van der Waals surface area contributed by atoms with Crippen molar-refractivity contribution in [2.24, 2.45) is 0 Å². The number of ether oxygens (including phenoxy) is 1. The van der Waals surface area contributed by atoms with E-state index in [4.69, 9.17) is 4.74 Å². The molecule has 0 atom stereocenters. The minimum atomic E-state index is -0.124. The van der Waals surface area contributed by atoms with Crippen molar-refractivity contribution in [3.63, 3.8) is 0 Å². The lowest BCUT2D eigenvalue weighted by Crippen LogP contribution is -2.28. The first kappa shape index (κ1) is 20.3. The fraction of sp³-hybridized carbons (Fsp3) is 0.261. The van der Waals surface area contributed by atoms with Crippen LogP contribution in [0.1, 0.15) is 30.3 Å². The van der Waals surface area contributed by atoms with Crippen LogP contribution in [0.5, 0.6) is 5.75 Å². The Kier molecular flexibility index (Phi) is 6.79. The van der Waals surface area contributed by atoms with Gasteiger partial charge in [-0.2, -0.15) is 0 Å². The first-order chi connectivity index (χ1) is 14.1. The van der Waals surface area contributed by atoms with Crippen LogP contribution >= 0.6 is 0 Å². The number of hydrogen-bond acceptors (Lipinski definition) is 5. The van der Waals surface area contributed by atoms with Gasteiger partial charge in [0.05, 0.1) is 12.8 Å². The molecule has 6 heteroatoms. The summed E-state index contributed by atoms with van der Waals surface area (Å²) in [4.78, 5) is 23.8. The van der Waals surface area contributed by atoms with E-state index in [9.17, 15) is 4.79 Å². The molecule has 0 radical (unpaired) electrons. The van der Waals surface area contributed by atoms with Crippen molar-refractivity contribution in [2.75, 3.05) is 26.0 Å². The summed E-state index contributed by atoms with van der Waals surface area (Å²) in [6, 6.07) is 18.9. The van der Waals surface area contributed by atoms with Gasteiger partial charge in [0.1, 0.15) is 17.3 Å². The van der Waals surface area contributed by atoms with E-state index in [0.29, 0.717) is 29.6 Å². The Labute approximate surface area is 171 Å². The Bertz CT molecular complexity index is 960. The van der Waals surface area contributed by atoms with E-state index >= 15 is 0 Å². The molecular weight excluding hydrogens is 364 g/mol. The van der Waals surface area contributed by atoms with E-state index in [1.54, 1.807) is 25.1 Å². The second kappa shape index (κ2) is 9.68. The van der Waals surface area contributed by atoms with Crippen LogP contribution < -0.4 is 10.1 Å². The summed E-state index contributed by atoms with van der Waals surface area (Å²) in [5.74, 6) is 1.61.